The Morgan fingerprint density at radius 2 is 1.73 bits per heavy atom. The molecule has 0 aliphatic heterocycles. The summed E-state index contributed by atoms with van der Waals surface area (Å²) < 4.78 is 4.94. The molecule has 2 aromatic rings. The SMILES string of the molecule is Cc1nc(-c2cc(C)c(N)c(C)c2)no1. The minimum atomic E-state index is 0.567. The van der Waals surface area contributed by atoms with Gasteiger partial charge in [-0.3, -0.25) is 0 Å². The molecule has 0 spiro atoms. The summed E-state index contributed by atoms with van der Waals surface area (Å²) in [7, 11) is 0. The van der Waals surface area contributed by atoms with Gasteiger partial charge in [0.2, 0.25) is 11.7 Å². The minimum absolute atomic E-state index is 0.567. The fraction of sp³-hybridized carbons (Fsp3) is 0.273. The Balaban J connectivity index is 2.55. The van der Waals surface area contributed by atoms with Crippen LogP contribution in [-0.4, -0.2) is 10.1 Å². The van der Waals surface area contributed by atoms with Crippen molar-refractivity contribution in [2.24, 2.45) is 0 Å². The zero-order valence-corrected chi connectivity index (χ0v) is 9.03. The number of aromatic nitrogens is 2. The Kier molecular flexibility index (Phi) is 2.19. The van der Waals surface area contributed by atoms with Gasteiger partial charge in [-0.2, -0.15) is 4.98 Å². The lowest BCUT2D eigenvalue weighted by Gasteiger charge is -2.05. The standard InChI is InChI=1S/C11H13N3O/c1-6-4-9(5-7(2)10(6)12)11-13-8(3)15-14-11/h4-5H,12H2,1-3H3. The molecule has 1 aromatic heterocycles. The van der Waals surface area contributed by atoms with E-state index in [4.69, 9.17) is 10.3 Å². The number of nitrogens with zero attached hydrogens (tertiary/aromatic N) is 2. The number of aryl methyl sites for hydroxylation is 3. The average molecular weight is 203 g/mol. The summed E-state index contributed by atoms with van der Waals surface area (Å²) in [5.74, 6) is 1.18. The third-order valence-electron chi connectivity index (χ3n) is 2.38. The van der Waals surface area contributed by atoms with E-state index in [0.717, 1.165) is 22.4 Å². The second-order valence-corrected chi connectivity index (χ2v) is 3.66. The zero-order chi connectivity index (χ0) is 11.0. The zero-order valence-electron chi connectivity index (χ0n) is 9.03. The number of nitrogen functional groups attached to an aromatic ring is 1. The highest BCUT2D eigenvalue weighted by Crippen LogP contribution is 2.24. The Bertz CT molecular complexity index is 479. The van der Waals surface area contributed by atoms with Crippen molar-refractivity contribution in [1.82, 2.24) is 10.1 Å². The summed E-state index contributed by atoms with van der Waals surface area (Å²) in [5.41, 5.74) is 9.70. The molecular weight excluding hydrogens is 190 g/mol. The highest BCUT2D eigenvalue weighted by atomic mass is 16.5. The number of nitrogens with two attached hydrogens (primary N) is 1. The smallest absolute Gasteiger partial charge is 0.223 e. The van der Waals surface area contributed by atoms with Crippen LogP contribution >= 0.6 is 0 Å². The van der Waals surface area contributed by atoms with Gasteiger partial charge < -0.3 is 10.3 Å². The average Bonchev–Trinajstić information content (AvgIpc) is 2.60. The van der Waals surface area contributed by atoms with Crippen molar-refractivity contribution < 1.29 is 4.52 Å². The number of hydrogen-bond acceptors (Lipinski definition) is 4. The van der Waals surface area contributed by atoms with E-state index in [-0.39, 0.29) is 0 Å². The summed E-state index contributed by atoms with van der Waals surface area (Å²) in [6.45, 7) is 5.71. The molecule has 0 unspecified atom stereocenters. The van der Waals surface area contributed by atoms with Gasteiger partial charge in [-0.15, -0.1) is 0 Å². The van der Waals surface area contributed by atoms with E-state index >= 15 is 0 Å². The number of anilines is 1. The molecule has 1 heterocycles. The molecule has 0 saturated carbocycles. The molecule has 2 rings (SSSR count). The van der Waals surface area contributed by atoms with Crippen LogP contribution in [0.25, 0.3) is 11.4 Å². The summed E-state index contributed by atoms with van der Waals surface area (Å²) in [4.78, 5) is 4.17. The van der Waals surface area contributed by atoms with Gasteiger partial charge in [0.25, 0.3) is 0 Å². The van der Waals surface area contributed by atoms with E-state index in [1.54, 1.807) is 6.92 Å². The van der Waals surface area contributed by atoms with Gasteiger partial charge >= 0.3 is 0 Å². The van der Waals surface area contributed by atoms with Crippen LogP contribution < -0.4 is 5.73 Å². The van der Waals surface area contributed by atoms with Crippen LogP contribution in [0.5, 0.6) is 0 Å². The predicted molar refractivity (Wildman–Crippen MR) is 58.4 cm³/mol. The van der Waals surface area contributed by atoms with Gasteiger partial charge in [-0.25, -0.2) is 0 Å². The molecule has 0 radical (unpaired) electrons. The van der Waals surface area contributed by atoms with E-state index in [0.29, 0.717) is 11.7 Å². The summed E-state index contributed by atoms with van der Waals surface area (Å²) >= 11 is 0. The number of hydrogen-bond donors (Lipinski definition) is 1. The molecule has 15 heavy (non-hydrogen) atoms. The first-order valence-electron chi connectivity index (χ1n) is 4.75. The minimum Gasteiger partial charge on any atom is -0.398 e. The van der Waals surface area contributed by atoms with Gasteiger partial charge in [0.1, 0.15) is 0 Å². The third kappa shape index (κ3) is 1.70. The number of rotatable bonds is 1. The van der Waals surface area contributed by atoms with Crippen LogP contribution in [-0.2, 0) is 0 Å². The first-order valence-corrected chi connectivity index (χ1v) is 4.75. The fourth-order valence-electron chi connectivity index (χ4n) is 1.52. The second-order valence-electron chi connectivity index (χ2n) is 3.66. The fourth-order valence-corrected chi connectivity index (χ4v) is 1.52. The molecule has 1 aromatic carbocycles. The Morgan fingerprint density at radius 3 is 2.20 bits per heavy atom. The van der Waals surface area contributed by atoms with Crippen LogP contribution in [0.3, 0.4) is 0 Å². The van der Waals surface area contributed by atoms with E-state index in [1.165, 1.54) is 0 Å². The van der Waals surface area contributed by atoms with Gasteiger partial charge in [0.15, 0.2) is 0 Å². The Morgan fingerprint density at radius 1 is 1.13 bits per heavy atom. The molecule has 0 aliphatic rings. The Hall–Kier alpha value is -1.84. The monoisotopic (exact) mass is 203 g/mol. The van der Waals surface area contributed by atoms with E-state index in [2.05, 4.69) is 10.1 Å². The second kappa shape index (κ2) is 3.38. The summed E-state index contributed by atoms with van der Waals surface area (Å²) in [6.07, 6.45) is 0. The number of benzene rings is 1. The van der Waals surface area contributed by atoms with Crippen LogP contribution in [0, 0.1) is 20.8 Å². The molecule has 2 N–H and O–H groups in total. The molecule has 0 fully saturated rings. The quantitative estimate of drug-likeness (QED) is 0.722. The lowest BCUT2D eigenvalue weighted by atomic mass is 10.0. The van der Waals surface area contributed by atoms with Gasteiger partial charge in [-0.1, -0.05) is 5.16 Å². The van der Waals surface area contributed by atoms with Gasteiger partial charge in [-0.05, 0) is 37.1 Å². The molecule has 0 saturated heterocycles. The summed E-state index contributed by atoms with van der Waals surface area (Å²) in [5, 5.41) is 3.87. The van der Waals surface area contributed by atoms with Gasteiger partial charge in [0.05, 0.1) is 0 Å². The third-order valence-corrected chi connectivity index (χ3v) is 2.38. The van der Waals surface area contributed by atoms with Crippen molar-refractivity contribution in [3.8, 4) is 11.4 Å². The predicted octanol–water partition coefficient (Wildman–Crippen LogP) is 2.24. The topological polar surface area (TPSA) is 64.9 Å². The first-order chi connectivity index (χ1) is 7.08. The molecule has 0 aliphatic carbocycles. The molecule has 78 valence electrons. The normalized spacial score (nSPS) is 10.6. The van der Waals surface area contributed by atoms with Crippen LogP contribution in [0.1, 0.15) is 17.0 Å². The highest BCUT2D eigenvalue weighted by Gasteiger charge is 2.08. The van der Waals surface area contributed by atoms with E-state index in [1.807, 2.05) is 26.0 Å². The van der Waals surface area contributed by atoms with Crippen molar-refractivity contribution in [2.45, 2.75) is 20.8 Å². The molecule has 0 bridgehead atoms. The molecule has 0 amide bonds. The van der Waals surface area contributed by atoms with Gasteiger partial charge in [0, 0.05) is 18.2 Å². The Labute approximate surface area is 88.1 Å². The highest BCUT2D eigenvalue weighted by molar-refractivity contribution is 5.65. The van der Waals surface area contributed by atoms with Crippen LogP contribution in [0.4, 0.5) is 5.69 Å². The lowest BCUT2D eigenvalue weighted by Crippen LogP contribution is -1.94. The van der Waals surface area contributed by atoms with Crippen molar-refractivity contribution in [2.75, 3.05) is 5.73 Å². The maximum atomic E-state index is 5.87. The molecule has 0 atom stereocenters. The van der Waals surface area contributed by atoms with E-state index < -0.39 is 0 Å². The maximum Gasteiger partial charge on any atom is 0.223 e. The largest absolute Gasteiger partial charge is 0.398 e. The molecule has 4 heteroatoms. The van der Waals surface area contributed by atoms with Crippen LogP contribution in [0.2, 0.25) is 0 Å². The first kappa shape index (κ1) is 9.71. The van der Waals surface area contributed by atoms with Crippen molar-refractivity contribution in [1.29, 1.82) is 0 Å². The van der Waals surface area contributed by atoms with E-state index in [9.17, 15) is 0 Å². The summed E-state index contributed by atoms with van der Waals surface area (Å²) in [6, 6.07) is 3.93. The molecule has 4 nitrogen and oxygen atoms in total. The molecular formula is C11H13N3O. The lowest BCUT2D eigenvalue weighted by molar-refractivity contribution is 0.394. The maximum absolute atomic E-state index is 5.87. The van der Waals surface area contributed by atoms with Crippen molar-refractivity contribution in [3.63, 3.8) is 0 Å². The van der Waals surface area contributed by atoms with Crippen molar-refractivity contribution >= 4 is 5.69 Å². The van der Waals surface area contributed by atoms with Crippen LogP contribution in [0.15, 0.2) is 16.7 Å². The van der Waals surface area contributed by atoms with Crippen molar-refractivity contribution in [3.05, 3.63) is 29.2 Å².